The third kappa shape index (κ3) is 2.14. The number of rotatable bonds is 3. The van der Waals surface area contributed by atoms with E-state index in [0.717, 1.165) is 10.9 Å². The van der Waals surface area contributed by atoms with Crippen molar-refractivity contribution in [2.45, 2.75) is 13.3 Å². The number of nitrogens with zero attached hydrogens (tertiary/aromatic N) is 1. The Bertz CT molecular complexity index is 671. The first-order valence-corrected chi connectivity index (χ1v) is 5.69. The number of aromatic nitrogens is 1. The maximum absolute atomic E-state index is 12.1. The molecule has 1 heterocycles. The van der Waals surface area contributed by atoms with Crippen molar-refractivity contribution < 1.29 is 9.53 Å². The fraction of sp³-hybridized carbons (Fsp3) is 0.286. The molecule has 0 aliphatic rings. The van der Waals surface area contributed by atoms with Gasteiger partial charge >= 0.3 is 0 Å². The summed E-state index contributed by atoms with van der Waals surface area (Å²) in [7, 11) is 3.29. The molecule has 0 amide bonds. The first-order valence-electron chi connectivity index (χ1n) is 5.69. The van der Waals surface area contributed by atoms with Crippen LogP contribution < -0.4 is 10.3 Å². The molecule has 0 N–H and O–H groups in total. The molecule has 0 saturated carbocycles. The SMILES string of the molecule is COc1ccc2cc(CC(C)=O)c(=O)n(C)c2c1. The van der Waals surface area contributed by atoms with Gasteiger partial charge in [0, 0.05) is 25.1 Å². The summed E-state index contributed by atoms with van der Waals surface area (Å²) in [6.07, 6.45) is 0.175. The van der Waals surface area contributed by atoms with Gasteiger partial charge in [0.15, 0.2) is 0 Å². The van der Waals surface area contributed by atoms with E-state index in [2.05, 4.69) is 0 Å². The molecule has 0 aliphatic carbocycles. The lowest BCUT2D eigenvalue weighted by molar-refractivity contribution is -0.116. The van der Waals surface area contributed by atoms with Crippen molar-refractivity contribution in [3.8, 4) is 5.75 Å². The molecule has 1 aromatic carbocycles. The van der Waals surface area contributed by atoms with Crippen LogP contribution in [-0.2, 0) is 18.3 Å². The Hall–Kier alpha value is -2.10. The van der Waals surface area contributed by atoms with Crippen LogP contribution in [0.15, 0.2) is 29.1 Å². The molecule has 4 nitrogen and oxygen atoms in total. The summed E-state index contributed by atoms with van der Waals surface area (Å²) in [5, 5.41) is 0.925. The highest BCUT2D eigenvalue weighted by molar-refractivity contribution is 5.83. The van der Waals surface area contributed by atoms with E-state index in [4.69, 9.17) is 4.74 Å². The molecule has 0 radical (unpaired) electrons. The van der Waals surface area contributed by atoms with E-state index in [-0.39, 0.29) is 17.8 Å². The molecule has 2 aromatic rings. The highest BCUT2D eigenvalue weighted by Gasteiger charge is 2.09. The molecule has 0 saturated heterocycles. The Morgan fingerprint density at radius 1 is 1.33 bits per heavy atom. The third-order valence-corrected chi connectivity index (χ3v) is 2.95. The van der Waals surface area contributed by atoms with Crippen molar-refractivity contribution in [3.63, 3.8) is 0 Å². The van der Waals surface area contributed by atoms with Gasteiger partial charge in [-0.15, -0.1) is 0 Å². The maximum Gasteiger partial charge on any atom is 0.254 e. The molecule has 0 spiro atoms. The fourth-order valence-corrected chi connectivity index (χ4v) is 2.03. The van der Waals surface area contributed by atoms with Gasteiger partial charge in [-0.2, -0.15) is 0 Å². The molecular formula is C14H15NO3. The van der Waals surface area contributed by atoms with Crippen molar-refractivity contribution >= 4 is 16.7 Å². The smallest absolute Gasteiger partial charge is 0.254 e. The van der Waals surface area contributed by atoms with Gasteiger partial charge < -0.3 is 9.30 Å². The van der Waals surface area contributed by atoms with Gasteiger partial charge in [-0.3, -0.25) is 9.59 Å². The van der Waals surface area contributed by atoms with E-state index in [0.29, 0.717) is 11.3 Å². The van der Waals surface area contributed by atoms with E-state index in [1.165, 1.54) is 6.92 Å². The number of hydrogen-bond donors (Lipinski definition) is 0. The van der Waals surface area contributed by atoms with Crippen molar-refractivity contribution in [1.82, 2.24) is 4.57 Å². The molecule has 0 atom stereocenters. The number of fused-ring (bicyclic) bond motifs is 1. The summed E-state index contributed by atoms with van der Waals surface area (Å²) in [5.74, 6) is 0.691. The van der Waals surface area contributed by atoms with E-state index >= 15 is 0 Å². The summed E-state index contributed by atoms with van der Waals surface area (Å²) in [6.45, 7) is 1.48. The number of ether oxygens (including phenoxy) is 1. The highest BCUT2D eigenvalue weighted by Crippen LogP contribution is 2.20. The molecular weight excluding hydrogens is 230 g/mol. The minimum atomic E-state index is -0.133. The van der Waals surface area contributed by atoms with Crippen LogP contribution in [0.4, 0.5) is 0 Å². The normalized spacial score (nSPS) is 10.6. The number of pyridine rings is 1. The van der Waals surface area contributed by atoms with Gasteiger partial charge in [-0.1, -0.05) is 0 Å². The van der Waals surface area contributed by atoms with Crippen molar-refractivity contribution in [1.29, 1.82) is 0 Å². The molecule has 94 valence electrons. The third-order valence-electron chi connectivity index (χ3n) is 2.95. The van der Waals surface area contributed by atoms with Gasteiger partial charge in [-0.25, -0.2) is 0 Å². The van der Waals surface area contributed by atoms with Gasteiger partial charge in [0.25, 0.3) is 5.56 Å². The zero-order valence-corrected chi connectivity index (χ0v) is 10.7. The van der Waals surface area contributed by atoms with E-state index in [1.54, 1.807) is 24.8 Å². The average molecular weight is 245 g/mol. The van der Waals surface area contributed by atoms with E-state index < -0.39 is 0 Å². The summed E-state index contributed by atoms with van der Waals surface area (Å²) >= 11 is 0. The number of carbonyl (C=O) groups is 1. The summed E-state index contributed by atoms with van der Waals surface area (Å²) in [4.78, 5) is 23.2. The number of Topliss-reactive ketones (excluding diaryl/α,β-unsaturated/α-hetero) is 1. The summed E-state index contributed by atoms with van der Waals surface area (Å²) in [5.41, 5.74) is 1.19. The predicted molar refractivity (Wildman–Crippen MR) is 70.1 cm³/mol. The number of aryl methyl sites for hydroxylation is 1. The van der Waals surface area contributed by atoms with Crippen LogP contribution >= 0.6 is 0 Å². The Balaban J connectivity index is 2.70. The van der Waals surface area contributed by atoms with E-state index in [1.807, 2.05) is 18.2 Å². The van der Waals surface area contributed by atoms with Gasteiger partial charge in [0.2, 0.25) is 0 Å². The molecule has 0 aliphatic heterocycles. The van der Waals surface area contributed by atoms with Crippen LogP contribution in [0.25, 0.3) is 10.9 Å². The standard InChI is InChI=1S/C14H15NO3/c1-9(16)6-11-7-10-4-5-12(18-3)8-13(10)15(2)14(11)17/h4-5,7-8H,6H2,1-3H3. The molecule has 0 unspecified atom stereocenters. The van der Waals surface area contributed by atoms with Gasteiger partial charge in [0.05, 0.1) is 12.6 Å². The number of methoxy groups -OCH3 is 1. The Kier molecular flexibility index (Phi) is 3.19. The Morgan fingerprint density at radius 3 is 2.67 bits per heavy atom. The fourth-order valence-electron chi connectivity index (χ4n) is 2.03. The predicted octanol–water partition coefficient (Wildman–Crippen LogP) is 1.68. The van der Waals surface area contributed by atoms with Crippen molar-refractivity contribution in [2.75, 3.05) is 7.11 Å². The zero-order valence-electron chi connectivity index (χ0n) is 10.7. The number of ketones is 1. The first kappa shape index (κ1) is 12.4. The minimum absolute atomic E-state index is 0.0139. The van der Waals surface area contributed by atoms with Crippen LogP contribution in [0.2, 0.25) is 0 Å². The monoisotopic (exact) mass is 245 g/mol. The number of carbonyl (C=O) groups excluding carboxylic acids is 1. The van der Waals surface area contributed by atoms with Crippen LogP contribution in [0.5, 0.6) is 5.75 Å². The number of hydrogen-bond acceptors (Lipinski definition) is 3. The molecule has 1 aromatic heterocycles. The second kappa shape index (κ2) is 4.64. The maximum atomic E-state index is 12.1. The largest absolute Gasteiger partial charge is 0.497 e. The Labute approximate surface area is 105 Å². The van der Waals surface area contributed by atoms with E-state index in [9.17, 15) is 9.59 Å². The first-order chi connectivity index (χ1) is 8.52. The second-order valence-electron chi connectivity index (χ2n) is 4.34. The Morgan fingerprint density at radius 2 is 2.06 bits per heavy atom. The summed E-state index contributed by atoms with van der Waals surface area (Å²) in [6, 6.07) is 7.31. The van der Waals surface area contributed by atoms with Crippen molar-refractivity contribution in [3.05, 3.63) is 40.2 Å². The molecule has 18 heavy (non-hydrogen) atoms. The zero-order chi connectivity index (χ0) is 13.3. The van der Waals surface area contributed by atoms with Crippen LogP contribution in [0, 0.1) is 0 Å². The van der Waals surface area contributed by atoms with Crippen LogP contribution in [0.3, 0.4) is 0 Å². The second-order valence-corrected chi connectivity index (χ2v) is 4.34. The molecule has 0 bridgehead atoms. The lowest BCUT2D eigenvalue weighted by Crippen LogP contribution is -2.22. The van der Waals surface area contributed by atoms with Crippen LogP contribution in [0.1, 0.15) is 12.5 Å². The van der Waals surface area contributed by atoms with Crippen molar-refractivity contribution in [2.24, 2.45) is 7.05 Å². The lowest BCUT2D eigenvalue weighted by Gasteiger charge is -2.09. The summed E-state index contributed by atoms with van der Waals surface area (Å²) < 4.78 is 6.69. The highest BCUT2D eigenvalue weighted by atomic mass is 16.5. The molecule has 4 heteroatoms. The van der Waals surface area contributed by atoms with Crippen LogP contribution in [-0.4, -0.2) is 17.5 Å². The lowest BCUT2D eigenvalue weighted by atomic mass is 10.1. The topological polar surface area (TPSA) is 48.3 Å². The molecule has 0 fully saturated rings. The van der Waals surface area contributed by atoms with Gasteiger partial charge in [0.1, 0.15) is 11.5 Å². The molecule has 2 rings (SSSR count). The minimum Gasteiger partial charge on any atom is -0.497 e. The average Bonchev–Trinajstić information content (AvgIpc) is 2.35. The quantitative estimate of drug-likeness (QED) is 0.826. The van der Waals surface area contributed by atoms with Gasteiger partial charge in [-0.05, 0) is 30.5 Å². The number of benzene rings is 1.